The molecule has 154 valence electrons. The predicted octanol–water partition coefficient (Wildman–Crippen LogP) is 4.16. The third-order valence-electron chi connectivity index (χ3n) is 4.49. The SMILES string of the molecule is CC[C@H]1CCC(=O)N(c2cnc(Oc3ccc(C)c(OC(F)(F)F)c3)nc2)C1=O. The van der Waals surface area contributed by atoms with Crippen molar-refractivity contribution in [3.05, 3.63) is 36.2 Å². The van der Waals surface area contributed by atoms with Crippen molar-refractivity contribution in [1.82, 2.24) is 9.97 Å². The molecule has 29 heavy (non-hydrogen) atoms. The number of anilines is 1. The molecule has 0 unspecified atom stereocenters. The molecule has 1 saturated heterocycles. The molecule has 2 amide bonds. The highest BCUT2D eigenvalue weighted by atomic mass is 19.4. The summed E-state index contributed by atoms with van der Waals surface area (Å²) in [4.78, 5) is 33.5. The number of hydrogen-bond acceptors (Lipinski definition) is 6. The van der Waals surface area contributed by atoms with E-state index in [1.54, 1.807) is 0 Å². The first kappa shape index (κ1) is 20.6. The van der Waals surface area contributed by atoms with Crippen LogP contribution in [0.3, 0.4) is 0 Å². The number of rotatable bonds is 5. The van der Waals surface area contributed by atoms with Gasteiger partial charge in [0.1, 0.15) is 11.5 Å². The maximum atomic E-state index is 12.5. The van der Waals surface area contributed by atoms with Gasteiger partial charge < -0.3 is 9.47 Å². The van der Waals surface area contributed by atoms with Gasteiger partial charge in [-0.1, -0.05) is 13.0 Å². The van der Waals surface area contributed by atoms with E-state index in [2.05, 4.69) is 14.7 Å². The number of piperidine rings is 1. The van der Waals surface area contributed by atoms with Crippen LogP contribution in [0.2, 0.25) is 0 Å². The van der Waals surface area contributed by atoms with Crippen LogP contribution in [0, 0.1) is 12.8 Å². The van der Waals surface area contributed by atoms with Crippen molar-refractivity contribution in [1.29, 1.82) is 0 Å². The van der Waals surface area contributed by atoms with Crippen molar-refractivity contribution in [2.45, 2.75) is 39.5 Å². The molecule has 0 bridgehead atoms. The smallest absolute Gasteiger partial charge is 0.424 e. The van der Waals surface area contributed by atoms with Gasteiger partial charge in [-0.05, 0) is 31.4 Å². The number of hydrogen-bond donors (Lipinski definition) is 0. The van der Waals surface area contributed by atoms with Crippen LogP contribution in [-0.4, -0.2) is 28.1 Å². The molecule has 0 saturated carbocycles. The Balaban J connectivity index is 1.77. The van der Waals surface area contributed by atoms with Crippen molar-refractivity contribution >= 4 is 17.5 Å². The number of alkyl halides is 3. The first-order valence-corrected chi connectivity index (χ1v) is 8.91. The molecular weight excluding hydrogens is 391 g/mol. The van der Waals surface area contributed by atoms with E-state index in [9.17, 15) is 22.8 Å². The minimum Gasteiger partial charge on any atom is -0.424 e. The normalized spacial score (nSPS) is 17.4. The molecule has 2 aromatic rings. The molecule has 0 aliphatic carbocycles. The van der Waals surface area contributed by atoms with E-state index in [4.69, 9.17) is 4.74 Å². The zero-order chi connectivity index (χ0) is 21.2. The molecule has 0 spiro atoms. The number of ether oxygens (including phenoxy) is 2. The Bertz CT molecular complexity index is 916. The van der Waals surface area contributed by atoms with Gasteiger partial charge in [-0.3, -0.25) is 9.59 Å². The van der Waals surface area contributed by atoms with Crippen LogP contribution in [0.15, 0.2) is 30.6 Å². The highest BCUT2D eigenvalue weighted by molar-refractivity contribution is 6.17. The summed E-state index contributed by atoms with van der Waals surface area (Å²) in [5, 5.41) is 0. The van der Waals surface area contributed by atoms with Crippen LogP contribution in [-0.2, 0) is 9.59 Å². The zero-order valence-corrected chi connectivity index (χ0v) is 15.7. The van der Waals surface area contributed by atoms with E-state index < -0.39 is 12.1 Å². The van der Waals surface area contributed by atoms with Gasteiger partial charge in [-0.15, -0.1) is 13.2 Å². The van der Waals surface area contributed by atoms with Crippen molar-refractivity contribution in [2.75, 3.05) is 4.90 Å². The number of aromatic nitrogens is 2. The third kappa shape index (κ3) is 4.82. The van der Waals surface area contributed by atoms with Gasteiger partial charge in [0.05, 0.1) is 18.1 Å². The minimum absolute atomic E-state index is 0.0405. The van der Waals surface area contributed by atoms with E-state index in [0.29, 0.717) is 12.8 Å². The fourth-order valence-electron chi connectivity index (χ4n) is 2.95. The largest absolute Gasteiger partial charge is 0.573 e. The average Bonchev–Trinajstić information content (AvgIpc) is 2.65. The summed E-state index contributed by atoms with van der Waals surface area (Å²) in [6, 6.07) is 3.77. The van der Waals surface area contributed by atoms with Gasteiger partial charge >= 0.3 is 12.4 Å². The fraction of sp³-hybridized carbons (Fsp3) is 0.368. The number of imide groups is 1. The van der Waals surface area contributed by atoms with E-state index in [1.807, 2.05) is 6.92 Å². The Hall–Kier alpha value is -3.17. The molecule has 7 nitrogen and oxygen atoms in total. The van der Waals surface area contributed by atoms with Gasteiger partial charge in [0.15, 0.2) is 0 Å². The lowest BCUT2D eigenvalue weighted by molar-refractivity contribution is -0.274. The minimum atomic E-state index is -4.83. The predicted molar refractivity (Wildman–Crippen MR) is 95.5 cm³/mol. The lowest BCUT2D eigenvalue weighted by atomic mass is 9.94. The van der Waals surface area contributed by atoms with Crippen LogP contribution in [0.1, 0.15) is 31.7 Å². The maximum absolute atomic E-state index is 12.5. The molecule has 1 fully saturated rings. The average molecular weight is 409 g/mol. The Morgan fingerprint density at radius 3 is 2.52 bits per heavy atom. The summed E-state index contributed by atoms with van der Waals surface area (Å²) < 4.78 is 46.7. The number of carbonyl (C=O) groups excluding carboxylic acids is 2. The molecule has 10 heteroatoms. The Morgan fingerprint density at radius 1 is 1.21 bits per heavy atom. The van der Waals surface area contributed by atoms with Gasteiger partial charge in [-0.2, -0.15) is 0 Å². The first-order chi connectivity index (χ1) is 13.7. The van der Waals surface area contributed by atoms with Crippen molar-refractivity contribution in [3.8, 4) is 17.5 Å². The Morgan fingerprint density at radius 2 is 1.90 bits per heavy atom. The van der Waals surface area contributed by atoms with Crippen LogP contribution in [0.25, 0.3) is 0 Å². The van der Waals surface area contributed by atoms with Gasteiger partial charge in [-0.25, -0.2) is 14.9 Å². The first-order valence-electron chi connectivity index (χ1n) is 8.91. The number of amides is 2. The lowest BCUT2D eigenvalue weighted by Gasteiger charge is -2.29. The summed E-state index contributed by atoms with van der Waals surface area (Å²) in [5.41, 5.74) is 0.494. The standard InChI is InChI=1S/C19H18F3N3O4/c1-3-12-5-7-16(26)25(17(12)27)13-9-23-18(24-10-13)28-14-6-4-11(2)15(8-14)29-19(20,21)22/h4,6,8-10,12H,3,5,7H2,1-2H3/t12-/m0/s1. The van der Waals surface area contributed by atoms with Gasteiger partial charge in [0, 0.05) is 18.4 Å². The second kappa shape index (κ2) is 8.06. The van der Waals surface area contributed by atoms with Crippen LogP contribution >= 0.6 is 0 Å². The molecule has 3 rings (SSSR count). The topological polar surface area (TPSA) is 81.6 Å². The monoisotopic (exact) mass is 409 g/mol. The second-order valence-corrected chi connectivity index (χ2v) is 6.51. The summed E-state index contributed by atoms with van der Waals surface area (Å²) in [5.74, 6) is -1.22. The molecule has 0 N–H and O–H groups in total. The highest BCUT2D eigenvalue weighted by Crippen LogP contribution is 2.31. The van der Waals surface area contributed by atoms with E-state index in [0.717, 1.165) is 11.0 Å². The zero-order valence-electron chi connectivity index (χ0n) is 15.7. The van der Waals surface area contributed by atoms with E-state index in [1.165, 1.54) is 31.5 Å². The van der Waals surface area contributed by atoms with Gasteiger partial charge in [0.2, 0.25) is 11.8 Å². The molecule has 1 aromatic carbocycles. The van der Waals surface area contributed by atoms with E-state index >= 15 is 0 Å². The molecule has 1 atom stereocenters. The third-order valence-corrected chi connectivity index (χ3v) is 4.49. The summed E-state index contributed by atoms with van der Waals surface area (Å²) in [7, 11) is 0. The van der Waals surface area contributed by atoms with Crippen molar-refractivity contribution in [3.63, 3.8) is 0 Å². The van der Waals surface area contributed by atoms with Crippen molar-refractivity contribution < 1.29 is 32.2 Å². The number of nitrogens with zero attached hydrogens (tertiary/aromatic N) is 3. The quantitative estimate of drug-likeness (QED) is 0.690. The van der Waals surface area contributed by atoms with Crippen LogP contribution < -0.4 is 14.4 Å². The number of benzene rings is 1. The van der Waals surface area contributed by atoms with Crippen molar-refractivity contribution in [2.24, 2.45) is 5.92 Å². The Kier molecular flexibility index (Phi) is 5.71. The van der Waals surface area contributed by atoms with Crippen LogP contribution in [0.4, 0.5) is 18.9 Å². The summed E-state index contributed by atoms with van der Waals surface area (Å²) >= 11 is 0. The van der Waals surface area contributed by atoms with E-state index in [-0.39, 0.29) is 47.2 Å². The van der Waals surface area contributed by atoms with Crippen LogP contribution in [0.5, 0.6) is 17.5 Å². The number of halogens is 3. The Labute approximate surface area is 164 Å². The number of aryl methyl sites for hydroxylation is 1. The molecular formula is C19H18F3N3O4. The molecule has 0 radical (unpaired) electrons. The summed E-state index contributed by atoms with van der Waals surface area (Å²) in [6.07, 6.45) is -0.906. The second-order valence-electron chi connectivity index (χ2n) is 6.51. The molecule has 1 aliphatic rings. The fourth-order valence-corrected chi connectivity index (χ4v) is 2.95. The number of carbonyl (C=O) groups is 2. The molecule has 1 aromatic heterocycles. The lowest BCUT2D eigenvalue weighted by Crippen LogP contribution is -2.45. The molecule has 1 aliphatic heterocycles. The molecule has 2 heterocycles. The van der Waals surface area contributed by atoms with Gasteiger partial charge in [0.25, 0.3) is 0 Å². The highest BCUT2D eigenvalue weighted by Gasteiger charge is 2.35. The summed E-state index contributed by atoms with van der Waals surface area (Å²) in [6.45, 7) is 3.34. The maximum Gasteiger partial charge on any atom is 0.573 e.